The lowest BCUT2D eigenvalue weighted by Crippen LogP contribution is -2.11. The Morgan fingerprint density at radius 3 is 2.48 bits per heavy atom. The van der Waals surface area contributed by atoms with E-state index in [2.05, 4.69) is 13.8 Å². The average molecular weight is 456 g/mol. The molecule has 0 N–H and O–H groups in total. The lowest BCUT2D eigenvalue weighted by molar-refractivity contribution is -0.111. The van der Waals surface area contributed by atoms with E-state index in [9.17, 15) is 4.79 Å². The van der Waals surface area contributed by atoms with Crippen LogP contribution in [-0.2, 0) is 16.1 Å². The summed E-state index contributed by atoms with van der Waals surface area (Å²) in [6.07, 6.45) is 11.7. The highest BCUT2D eigenvalue weighted by Crippen LogP contribution is 2.38. The van der Waals surface area contributed by atoms with Gasteiger partial charge in [-0.2, -0.15) is 0 Å². The Kier molecular flexibility index (Phi) is 10.1. The van der Waals surface area contributed by atoms with Gasteiger partial charge in [0.05, 0.1) is 10.6 Å². The third-order valence-electron chi connectivity index (χ3n) is 4.69. The Balaban J connectivity index is 2.62. The smallest absolute Gasteiger partial charge is 0.223 e. The van der Waals surface area contributed by atoms with E-state index in [0.29, 0.717) is 34.3 Å². The number of nitrogens with zero attached hydrogens (tertiary/aromatic N) is 1. The molecular weight excluding hydrogens is 426 g/mol. The Bertz CT molecular complexity index is 978. The zero-order chi connectivity index (χ0) is 22.8. The number of rotatable bonds is 8. The van der Waals surface area contributed by atoms with Crippen LogP contribution >= 0.6 is 23.4 Å². The van der Waals surface area contributed by atoms with Gasteiger partial charge in [0.15, 0.2) is 5.78 Å². The first-order valence-corrected chi connectivity index (χ1v) is 12.0. The molecule has 0 atom stereocenters. The van der Waals surface area contributed by atoms with Gasteiger partial charge in [-0.25, -0.2) is 4.99 Å². The van der Waals surface area contributed by atoms with Gasteiger partial charge in [-0.15, -0.1) is 11.8 Å². The molecule has 1 aromatic rings. The van der Waals surface area contributed by atoms with Crippen molar-refractivity contribution in [3.8, 4) is 0 Å². The van der Waals surface area contributed by atoms with Crippen molar-refractivity contribution in [3.63, 3.8) is 0 Å². The number of aliphatic imine (C=N–C) groups is 1. The maximum atomic E-state index is 13.1. The number of hydrogen-bond acceptors (Lipinski definition) is 4. The lowest BCUT2D eigenvalue weighted by atomic mass is 10.0. The fraction of sp³-hybridized carbons (Fsp3) is 0.308. The molecule has 0 fully saturated rings. The van der Waals surface area contributed by atoms with E-state index in [1.54, 1.807) is 18.7 Å². The number of carbonyl (C=O) groups is 1. The van der Waals surface area contributed by atoms with E-state index >= 15 is 0 Å². The van der Waals surface area contributed by atoms with E-state index < -0.39 is 0 Å². The molecule has 0 amide bonds. The number of allylic oxidation sites excluding steroid dienone is 7. The SMILES string of the molecule is CC/C=C(/N=C(/OCc1ccccc1)C1=C(C)C(=O)C(=C(/C)Cl)/C1=C\C=C\CC)SC. The number of carbonyl (C=O) groups excluding carboxylic acids is 1. The van der Waals surface area contributed by atoms with Crippen molar-refractivity contribution in [1.29, 1.82) is 0 Å². The molecule has 0 spiro atoms. The van der Waals surface area contributed by atoms with Gasteiger partial charge in [-0.1, -0.05) is 80.1 Å². The van der Waals surface area contributed by atoms with Gasteiger partial charge in [-0.05, 0) is 44.1 Å². The first-order valence-electron chi connectivity index (χ1n) is 10.4. The monoisotopic (exact) mass is 455 g/mol. The van der Waals surface area contributed by atoms with Crippen LogP contribution in [0.15, 0.2) is 92.0 Å². The van der Waals surface area contributed by atoms with Gasteiger partial charge < -0.3 is 4.74 Å². The Morgan fingerprint density at radius 1 is 1.19 bits per heavy atom. The first kappa shape index (κ1) is 25.0. The summed E-state index contributed by atoms with van der Waals surface area (Å²) < 4.78 is 6.23. The summed E-state index contributed by atoms with van der Waals surface area (Å²) in [5.41, 5.74) is 3.59. The van der Waals surface area contributed by atoms with Gasteiger partial charge in [0.2, 0.25) is 5.90 Å². The van der Waals surface area contributed by atoms with Gasteiger partial charge in [0, 0.05) is 16.2 Å². The molecule has 1 aliphatic carbocycles. The van der Waals surface area contributed by atoms with Crippen LogP contribution in [0.1, 0.15) is 46.1 Å². The summed E-state index contributed by atoms with van der Waals surface area (Å²) in [4.78, 5) is 17.9. The highest BCUT2D eigenvalue weighted by atomic mass is 35.5. The molecule has 0 radical (unpaired) electrons. The minimum atomic E-state index is -0.0835. The first-order chi connectivity index (χ1) is 14.9. The Morgan fingerprint density at radius 2 is 1.90 bits per heavy atom. The van der Waals surface area contributed by atoms with Gasteiger partial charge >= 0.3 is 0 Å². The van der Waals surface area contributed by atoms with Crippen LogP contribution in [0.25, 0.3) is 0 Å². The Hall–Kier alpha value is -2.30. The van der Waals surface area contributed by atoms with Gasteiger partial charge in [0.1, 0.15) is 6.61 Å². The molecule has 0 unspecified atom stereocenters. The third kappa shape index (κ3) is 6.59. The summed E-state index contributed by atoms with van der Waals surface area (Å²) in [6.45, 7) is 8.05. The molecule has 1 aliphatic rings. The lowest BCUT2D eigenvalue weighted by Gasteiger charge is -2.14. The van der Waals surface area contributed by atoms with Crippen LogP contribution in [-0.4, -0.2) is 17.9 Å². The standard InChI is InChI=1S/C26H30ClNO2S/c1-6-8-10-16-21-23(18(3)25(29)24(21)19(4)27)26(28-22(31-5)13-7-2)30-17-20-14-11-9-12-15-20/h8-16H,6-7,17H2,1-5H3/b10-8+,21-16-,22-13-,24-19-,28-26+. The zero-order valence-corrected chi connectivity index (χ0v) is 20.4. The predicted octanol–water partition coefficient (Wildman–Crippen LogP) is 7.52. The molecule has 164 valence electrons. The molecule has 1 aromatic carbocycles. The second kappa shape index (κ2) is 12.5. The van der Waals surface area contributed by atoms with Crippen LogP contribution in [0.5, 0.6) is 0 Å². The normalized spacial score (nSPS) is 18.5. The molecule has 0 saturated carbocycles. The van der Waals surface area contributed by atoms with E-state index in [4.69, 9.17) is 21.3 Å². The summed E-state index contributed by atoms with van der Waals surface area (Å²) in [7, 11) is 0. The highest BCUT2D eigenvalue weighted by molar-refractivity contribution is 8.02. The van der Waals surface area contributed by atoms with E-state index in [1.807, 2.05) is 67.8 Å². The molecule has 31 heavy (non-hydrogen) atoms. The number of Topliss-reactive ketones (excluding diaryl/α,β-unsaturated/α-hetero) is 1. The van der Waals surface area contributed by atoms with Gasteiger partial charge in [0.25, 0.3) is 0 Å². The third-order valence-corrected chi connectivity index (χ3v) is 5.56. The highest BCUT2D eigenvalue weighted by Gasteiger charge is 2.34. The second-order valence-electron chi connectivity index (χ2n) is 7.00. The van der Waals surface area contributed by atoms with Crippen LogP contribution in [0.2, 0.25) is 0 Å². The van der Waals surface area contributed by atoms with E-state index in [-0.39, 0.29) is 5.78 Å². The fourth-order valence-corrected chi connectivity index (χ4v) is 3.87. The molecule has 0 aliphatic heterocycles. The zero-order valence-electron chi connectivity index (χ0n) is 18.9. The van der Waals surface area contributed by atoms with Crippen LogP contribution in [0.3, 0.4) is 0 Å². The largest absolute Gasteiger partial charge is 0.472 e. The summed E-state index contributed by atoms with van der Waals surface area (Å²) in [6, 6.07) is 9.93. The number of hydrogen-bond donors (Lipinski definition) is 0. The molecule has 5 heteroatoms. The average Bonchev–Trinajstić information content (AvgIpc) is 3.01. The molecule has 2 rings (SSSR count). The van der Waals surface area contributed by atoms with Crippen molar-refractivity contribution >= 4 is 35.0 Å². The van der Waals surface area contributed by atoms with Crippen molar-refractivity contribution in [2.45, 2.75) is 47.1 Å². The minimum absolute atomic E-state index is 0.0835. The molecule has 0 saturated heterocycles. The maximum Gasteiger partial charge on any atom is 0.223 e. The molecule has 3 nitrogen and oxygen atoms in total. The molecular formula is C26H30ClNO2S. The number of benzene rings is 1. The van der Waals surface area contributed by atoms with Crippen LogP contribution in [0, 0.1) is 0 Å². The van der Waals surface area contributed by atoms with Crippen molar-refractivity contribution in [2.24, 2.45) is 4.99 Å². The van der Waals surface area contributed by atoms with E-state index in [1.165, 1.54) is 0 Å². The summed E-state index contributed by atoms with van der Waals surface area (Å²) in [5, 5.41) is 1.31. The van der Waals surface area contributed by atoms with Crippen LogP contribution in [0.4, 0.5) is 0 Å². The number of halogens is 1. The number of ketones is 1. The summed E-state index contributed by atoms with van der Waals surface area (Å²) >= 11 is 7.90. The molecule has 0 aromatic heterocycles. The van der Waals surface area contributed by atoms with Crippen LogP contribution < -0.4 is 0 Å². The maximum absolute atomic E-state index is 13.1. The van der Waals surface area contributed by atoms with Crippen molar-refractivity contribution in [3.05, 3.63) is 92.6 Å². The predicted molar refractivity (Wildman–Crippen MR) is 134 cm³/mol. The number of thioether (sulfide) groups is 1. The quantitative estimate of drug-likeness (QED) is 0.231. The van der Waals surface area contributed by atoms with Crippen molar-refractivity contribution in [1.82, 2.24) is 0 Å². The van der Waals surface area contributed by atoms with Crippen molar-refractivity contribution in [2.75, 3.05) is 6.26 Å². The van der Waals surface area contributed by atoms with Gasteiger partial charge in [-0.3, -0.25) is 4.79 Å². The van der Waals surface area contributed by atoms with E-state index in [0.717, 1.165) is 29.0 Å². The molecule has 0 bridgehead atoms. The Labute approximate surface area is 195 Å². The molecule has 0 heterocycles. The second-order valence-corrected chi connectivity index (χ2v) is 8.39. The minimum Gasteiger partial charge on any atom is -0.472 e. The topological polar surface area (TPSA) is 38.7 Å². The van der Waals surface area contributed by atoms with Crippen molar-refractivity contribution < 1.29 is 9.53 Å². The fourth-order valence-electron chi connectivity index (χ4n) is 3.17. The summed E-state index contributed by atoms with van der Waals surface area (Å²) in [5.74, 6) is 0.354. The number of ether oxygens (including phenoxy) is 1.